The van der Waals surface area contributed by atoms with Crippen molar-refractivity contribution in [2.75, 3.05) is 26.2 Å². The van der Waals surface area contributed by atoms with E-state index < -0.39 is 0 Å². The molecule has 1 atom stereocenters. The Morgan fingerprint density at radius 1 is 1.05 bits per heavy atom. The minimum absolute atomic E-state index is 0. The fourth-order valence-corrected chi connectivity index (χ4v) is 3.47. The van der Waals surface area contributed by atoms with Crippen molar-refractivity contribution in [3.63, 3.8) is 0 Å². The predicted octanol–water partition coefficient (Wildman–Crippen LogP) is 5.22. The molecule has 1 aliphatic heterocycles. The lowest BCUT2D eigenvalue weighted by atomic mass is 9.95. The van der Waals surface area contributed by atoms with Gasteiger partial charge >= 0.3 is 0 Å². The van der Waals surface area contributed by atoms with Gasteiger partial charge in [-0.25, -0.2) is 0 Å². The van der Waals surface area contributed by atoms with Crippen molar-refractivity contribution in [1.82, 2.24) is 10.2 Å². The van der Waals surface area contributed by atoms with Crippen LogP contribution in [0.4, 0.5) is 0 Å². The van der Waals surface area contributed by atoms with Crippen LogP contribution in [0.15, 0.2) is 18.2 Å². The van der Waals surface area contributed by atoms with Gasteiger partial charge in [0.05, 0.1) is 0 Å². The molecule has 0 radical (unpaired) electrons. The quantitative estimate of drug-likeness (QED) is 0.744. The third-order valence-corrected chi connectivity index (χ3v) is 4.60. The van der Waals surface area contributed by atoms with E-state index in [0.29, 0.717) is 12.0 Å². The van der Waals surface area contributed by atoms with Crippen molar-refractivity contribution in [3.8, 4) is 0 Å². The first-order valence-corrected chi connectivity index (χ1v) is 8.24. The van der Waals surface area contributed by atoms with E-state index in [9.17, 15) is 0 Å². The third kappa shape index (κ3) is 6.07. The molecule has 0 saturated carbocycles. The summed E-state index contributed by atoms with van der Waals surface area (Å²) in [5.74, 6) is 0.696. The molecule has 0 unspecified atom stereocenters. The van der Waals surface area contributed by atoms with Crippen LogP contribution in [0.1, 0.15) is 38.3 Å². The number of piperazine rings is 1. The van der Waals surface area contributed by atoms with E-state index in [1.165, 1.54) is 6.42 Å². The van der Waals surface area contributed by atoms with Crippen LogP contribution in [0.5, 0.6) is 0 Å². The molecule has 1 aromatic rings. The number of hydrogen-bond acceptors (Lipinski definition) is 2. The second kappa shape index (κ2) is 11.0. The molecule has 1 saturated heterocycles. The molecule has 0 aromatic heterocycles. The van der Waals surface area contributed by atoms with Gasteiger partial charge in [0.15, 0.2) is 0 Å². The maximum atomic E-state index is 6.43. The second-order valence-corrected chi connectivity index (χ2v) is 6.72. The minimum Gasteiger partial charge on any atom is -0.314 e. The number of hydrogen-bond donors (Lipinski definition) is 1. The molecule has 1 heterocycles. The Balaban J connectivity index is 0.00000220. The van der Waals surface area contributed by atoms with Gasteiger partial charge in [-0.1, -0.05) is 43.1 Å². The van der Waals surface area contributed by atoms with Crippen LogP contribution < -0.4 is 5.32 Å². The molecule has 1 aromatic carbocycles. The lowest BCUT2D eigenvalue weighted by Crippen LogP contribution is -2.45. The third-order valence-electron chi connectivity index (χ3n) is 3.94. The highest BCUT2D eigenvalue weighted by molar-refractivity contribution is 6.36. The fourth-order valence-electron chi connectivity index (χ4n) is 2.82. The Hall–Kier alpha value is 0.300. The molecule has 1 fully saturated rings. The van der Waals surface area contributed by atoms with E-state index in [2.05, 4.69) is 24.1 Å². The van der Waals surface area contributed by atoms with E-state index in [-0.39, 0.29) is 24.8 Å². The molecule has 0 amide bonds. The molecule has 128 valence electrons. The van der Waals surface area contributed by atoms with Crippen molar-refractivity contribution >= 4 is 48.0 Å². The van der Waals surface area contributed by atoms with E-state index >= 15 is 0 Å². The lowest BCUT2D eigenvalue weighted by Gasteiger charge is -2.36. The number of benzene rings is 1. The second-order valence-electron chi connectivity index (χ2n) is 5.91. The predicted molar refractivity (Wildman–Crippen MR) is 102 cm³/mol. The van der Waals surface area contributed by atoms with Gasteiger partial charge in [0.2, 0.25) is 0 Å². The van der Waals surface area contributed by atoms with E-state index in [0.717, 1.165) is 48.2 Å². The monoisotopic (exact) mass is 386 g/mol. The molecule has 6 heteroatoms. The number of halogens is 4. The molecule has 1 aliphatic rings. The first-order chi connectivity index (χ1) is 9.59. The maximum Gasteiger partial charge on any atom is 0.0468 e. The van der Waals surface area contributed by atoms with Gasteiger partial charge in [0, 0.05) is 47.8 Å². The Bertz CT molecular complexity index is 414. The number of rotatable bonds is 5. The zero-order valence-electron chi connectivity index (χ0n) is 13.1. The smallest absolute Gasteiger partial charge is 0.0468 e. The highest BCUT2D eigenvalue weighted by Crippen LogP contribution is 2.37. The summed E-state index contributed by atoms with van der Waals surface area (Å²) < 4.78 is 0. The summed E-state index contributed by atoms with van der Waals surface area (Å²) in [7, 11) is 0. The van der Waals surface area contributed by atoms with Crippen LogP contribution in [0, 0.1) is 5.92 Å². The average Bonchev–Trinajstić information content (AvgIpc) is 2.42. The summed E-state index contributed by atoms with van der Waals surface area (Å²) >= 11 is 12.9. The molecule has 22 heavy (non-hydrogen) atoms. The summed E-state index contributed by atoms with van der Waals surface area (Å²) in [6, 6.07) is 6.16. The standard InChI is InChI=1S/C16H24Cl2N2.2ClH/c1-12(2)6-7-15(20-10-8-19-9-11-20)16-13(17)4-3-5-14(16)18;;/h3-5,12,15,19H,6-11H2,1-2H3;2*1H/t15-;;/m0../s1. The van der Waals surface area contributed by atoms with Gasteiger partial charge in [0.25, 0.3) is 0 Å². The highest BCUT2D eigenvalue weighted by atomic mass is 35.5. The molecule has 0 spiro atoms. The molecular weight excluding hydrogens is 362 g/mol. The Labute approximate surface area is 156 Å². The van der Waals surface area contributed by atoms with Crippen LogP contribution in [0.2, 0.25) is 10.0 Å². The number of nitrogens with zero attached hydrogens (tertiary/aromatic N) is 1. The van der Waals surface area contributed by atoms with Crippen LogP contribution in [0.3, 0.4) is 0 Å². The van der Waals surface area contributed by atoms with Crippen molar-refractivity contribution < 1.29 is 0 Å². The first-order valence-electron chi connectivity index (χ1n) is 7.48. The summed E-state index contributed by atoms with van der Waals surface area (Å²) in [5.41, 5.74) is 1.11. The van der Waals surface area contributed by atoms with Crippen LogP contribution >= 0.6 is 48.0 Å². The average molecular weight is 388 g/mol. The lowest BCUT2D eigenvalue weighted by molar-refractivity contribution is 0.160. The largest absolute Gasteiger partial charge is 0.314 e. The van der Waals surface area contributed by atoms with Crippen molar-refractivity contribution in [2.24, 2.45) is 5.92 Å². The van der Waals surface area contributed by atoms with E-state index in [1.807, 2.05) is 18.2 Å². The summed E-state index contributed by atoms with van der Waals surface area (Å²) in [6.07, 6.45) is 2.30. The first kappa shape index (κ1) is 22.3. The molecule has 0 aliphatic carbocycles. The molecule has 2 nitrogen and oxygen atoms in total. The maximum absolute atomic E-state index is 6.43. The van der Waals surface area contributed by atoms with Gasteiger partial charge in [-0.2, -0.15) is 0 Å². The van der Waals surface area contributed by atoms with E-state index in [1.54, 1.807) is 0 Å². The molecule has 2 rings (SSSR count). The summed E-state index contributed by atoms with van der Waals surface area (Å²) in [4.78, 5) is 2.52. The molecular formula is C16H26Cl4N2. The summed E-state index contributed by atoms with van der Waals surface area (Å²) in [5, 5.41) is 5.00. The van der Waals surface area contributed by atoms with Gasteiger partial charge in [-0.05, 0) is 30.9 Å². The fraction of sp³-hybridized carbons (Fsp3) is 0.625. The van der Waals surface area contributed by atoms with Gasteiger partial charge in [-0.3, -0.25) is 4.90 Å². The van der Waals surface area contributed by atoms with Crippen molar-refractivity contribution in [1.29, 1.82) is 0 Å². The Morgan fingerprint density at radius 2 is 1.59 bits per heavy atom. The Morgan fingerprint density at radius 3 is 2.09 bits per heavy atom. The molecule has 0 bridgehead atoms. The van der Waals surface area contributed by atoms with Crippen molar-refractivity contribution in [2.45, 2.75) is 32.7 Å². The van der Waals surface area contributed by atoms with Crippen molar-refractivity contribution in [3.05, 3.63) is 33.8 Å². The Kier molecular flexibility index (Phi) is 11.1. The topological polar surface area (TPSA) is 15.3 Å². The minimum atomic E-state index is 0. The van der Waals surface area contributed by atoms with Gasteiger partial charge < -0.3 is 5.32 Å². The van der Waals surface area contributed by atoms with Gasteiger partial charge in [0.1, 0.15) is 0 Å². The normalized spacial score (nSPS) is 16.8. The van der Waals surface area contributed by atoms with Crippen LogP contribution in [0.25, 0.3) is 0 Å². The SMILES string of the molecule is CC(C)CC[C@@H](c1c(Cl)cccc1Cl)N1CCNCC1.Cl.Cl. The number of nitrogens with one attached hydrogen (secondary N) is 1. The zero-order chi connectivity index (χ0) is 14.5. The molecule has 1 N–H and O–H groups in total. The van der Waals surface area contributed by atoms with Crippen LogP contribution in [-0.2, 0) is 0 Å². The zero-order valence-corrected chi connectivity index (χ0v) is 16.3. The van der Waals surface area contributed by atoms with Gasteiger partial charge in [-0.15, -0.1) is 24.8 Å². The summed E-state index contributed by atoms with van der Waals surface area (Å²) in [6.45, 7) is 8.74. The van der Waals surface area contributed by atoms with Crippen LogP contribution in [-0.4, -0.2) is 31.1 Å². The van der Waals surface area contributed by atoms with E-state index in [4.69, 9.17) is 23.2 Å². The highest BCUT2D eigenvalue weighted by Gasteiger charge is 2.25.